The number of rotatable bonds is 4. The minimum absolute atomic E-state index is 0.0983. The van der Waals surface area contributed by atoms with E-state index in [-0.39, 0.29) is 6.10 Å². The summed E-state index contributed by atoms with van der Waals surface area (Å²) in [5.74, 6) is 0. The highest BCUT2D eigenvalue weighted by Gasteiger charge is 2.03. The Kier molecular flexibility index (Phi) is 4.32. The van der Waals surface area contributed by atoms with E-state index in [0.717, 1.165) is 5.69 Å². The van der Waals surface area contributed by atoms with Crippen molar-refractivity contribution >= 4 is 5.69 Å². The second-order valence-corrected chi connectivity index (χ2v) is 3.41. The van der Waals surface area contributed by atoms with Crippen LogP contribution in [0.1, 0.15) is 18.1 Å². The summed E-state index contributed by atoms with van der Waals surface area (Å²) >= 11 is 0. The van der Waals surface area contributed by atoms with Gasteiger partial charge in [0.15, 0.2) is 0 Å². The van der Waals surface area contributed by atoms with Gasteiger partial charge in [-0.3, -0.25) is 0 Å². The molecule has 0 aliphatic heterocycles. The number of methoxy groups -OCH3 is 1. The van der Waals surface area contributed by atoms with Gasteiger partial charge in [-0.2, -0.15) is 10.5 Å². The summed E-state index contributed by atoms with van der Waals surface area (Å²) < 4.78 is 5.09. The van der Waals surface area contributed by atoms with Crippen molar-refractivity contribution in [2.45, 2.75) is 13.0 Å². The van der Waals surface area contributed by atoms with E-state index in [9.17, 15) is 0 Å². The van der Waals surface area contributed by atoms with Crippen molar-refractivity contribution in [3.63, 3.8) is 0 Å². The Labute approximate surface area is 95.1 Å². The van der Waals surface area contributed by atoms with Gasteiger partial charge in [0.25, 0.3) is 0 Å². The van der Waals surface area contributed by atoms with E-state index in [1.165, 1.54) is 0 Å². The van der Waals surface area contributed by atoms with Gasteiger partial charge in [-0.1, -0.05) is 0 Å². The molecule has 1 unspecified atom stereocenters. The third-order valence-electron chi connectivity index (χ3n) is 2.26. The van der Waals surface area contributed by atoms with Crippen LogP contribution in [0.5, 0.6) is 0 Å². The molecule has 1 atom stereocenters. The molecule has 0 spiro atoms. The van der Waals surface area contributed by atoms with Crippen LogP contribution in [-0.4, -0.2) is 19.8 Å². The first-order chi connectivity index (χ1) is 7.71. The molecule has 82 valence electrons. The zero-order valence-corrected chi connectivity index (χ0v) is 9.32. The summed E-state index contributed by atoms with van der Waals surface area (Å²) in [5, 5.41) is 20.7. The fourth-order valence-electron chi connectivity index (χ4n) is 1.19. The lowest BCUT2D eigenvalue weighted by Gasteiger charge is -2.12. The van der Waals surface area contributed by atoms with Crippen molar-refractivity contribution in [2.75, 3.05) is 19.0 Å². The van der Waals surface area contributed by atoms with Crippen LogP contribution in [0.25, 0.3) is 0 Å². The molecule has 0 fully saturated rings. The molecule has 4 heteroatoms. The Morgan fingerprint density at radius 3 is 2.56 bits per heavy atom. The summed E-state index contributed by atoms with van der Waals surface area (Å²) in [5.41, 5.74) is 1.60. The molecular weight excluding hydrogens is 202 g/mol. The molecule has 4 nitrogen and oxygen atoms in total. The highest BCUT2D eigenvalue weighted by molar-refractivity contribution is 5.56. The van der Waals surface area contributed by atoms with E-state index in [1.807, 2.05) is 19.1 Å². The lowest BCUT2D eigenvalue weighted by atomic mass is 10.1. The summed E-state index contributed by atoms with van der Waals surface area (Å²) in [6.07, 6.45) is 0.0983. The lowest BCUT2D eigenvalue weighted by Crippen LogP contribution is -2.18. The average Bonchev–Trinajstić information content (AvgIpc) is 2.35. The van der Waals surface area contributed by atoms with Crippen LogP contribution < -0.4 is 5.32 Å². The van der Waals surface area contributed by atoms with Crippen LogP contribution >= 0.6 is 0 Å². The number of benzene rings is 1. The van der Waals surface area contributed by atoms with Crippen molar-refractivity contribution in [1.29, 1.82) is 10.5 Å². The molecule has 0 saturated heterocycles. The monoisotopic (exact) mass is 215 g/mol. The molecule has 0 heterocycles. The van der Waals surface area contributed by atoms with Crippen molar-refractivity contribution < 1.29 is 4.74 Å². The van der Waals surface area contributed by atoms with Crippen LogP contribution in [-0.2, 0) is 4.74 Å². The summed E-state index contributed by atoms with van der Waals surface area (Å²) in [4.78, 5) is 0. The molecule has 0 radical (unpaired) electrons. The molecule has 1 aromatic carbocycles. The first-order valence-corrected chi connectivity index (χ1v) is 4.92. The SMILES string of the molecule is COC(C)CNc1ccc(C#N)c(C#N)c1. The number of nitriles is 2. The Hall–Kier alpha value is -2.04. The highest BCUT2D eigenvalue weighted by Crippen LogP contribution is 2.14. The Morgan fingerprint density at radius 1 is 1.31 bits per heavy atom. The second-order valence-electron chi connectivity index (χ2n) is 3.41. The Morgan fingerprint density at radius 2 is 2.00 bits per heavy atom. The van der Waals surface area contributed by atoms with Crippen LogP contribution in [0.15, 0.2) is 18.2 Å². The topological polar surface area (TPSA) is 68.8 Å². The Balaban J connectivity index is 2.77. The van der Waals surface area contributed by atoms with Crippen LogP contribution in [0.2, 0.25) is 0 Å². The molecule has 0 aliphatic carbocycles. The van der Waals surface area contributed by atoms with Gasteiger partial charge in [0.05, 0.1) is 17.2 Å². The van der Waals surface area contributed by atoms with Crippen LogP contribution in [0, 0.1) is 22.7 Å². The second kappa shape index (κ2) is 5.75. The molecule has 0 saturated carbocycles. The van der Waals surface area contributed by atoms with Crippen LogP contribution in [0.4, 0.5) is 5.69 Å². The average molecular weight is 215 g/mol. The number of ether oxygens (including phenoxy) is 1. The van der Waals surface area contributed by atoms with Gasteiger partial charge in [0.2, 0.25) is 0 Å². The maximum Gasteiger partial charge on any atom is 0.101 e. The normalized spacial score (nSPS) is 11.2. The van der Waals surface area contributed by atoms with E-state index >= 15 is 0 Å². The molecule has 1 N–H and O–H groups in total. The maximum atomic E-state index is 8.84. The van der Waals surface area contributed by atoms with Crippen molar-refractivity contribution in [1.82, 2.24) is 0 Å². The standard InChI is InChI=1S/C12H13N3O/c1-9(16-2)8-15-12-4-3-10(6-13)11(5-12)7-14/h3-5,9,15H,8H2,1-2H3. The van der Waals surface area contributed by atoms with E-state index in [0.29, 0.717) is 17.7 Å². The van der Waals surface area contributed by atoms with Gasteiger partial charge in [-0.15, -0.1) is 0 Å². The van der Waals surface area contributed by atoms with E-state index in [4.69, 9.17) is 15.3 Å². The molecular formula is C12H13N3O. The molecule has 0 aliphatic rings. The summed E-state index contributed by atoms with van der Waals surface area (Å²) in [6.45, 7) is 2.61. The number of hydrogen-bond acceptors (Lipinski definition) is 4. The largest absolute Gasteiger partial charge is 0.382 e. The summed E-state index contributed by atoms with van der Waals surface area (Å²) in [7, 11) is 1.64. The van der Waals surface area contributed by atoms with Gasteiger partial charge >= 0.3 is 0 Å². The zero-order valence-electron chi connectivity index (χ0n) is 9.32. The Bertz CT molecular complexity index is 443. The van der Waals surface area contributed by atoms with Crippen molar-refractivity contribution in [3.8, 4) is 12.1 Å². The molecule has 0 amide bonds. The fraction of sp³-hybridized carbons (Fsp3) is 0.333. The first-order valence-electron chi connectivity index (χ1n) is 4.92. The molecule has 16 heavy (non-hydrogen) atoms. The minimum atomic E-state index is 0.0983. The molecule has 1 aromatic rings. The number of nitrogens with one attached hydrogen (secondary N) is 1. The van der Waals surface area contributed by atoms with E-state index in [2.05, 4.69) is 5.32 Å². The van der Waals surface area contributed by atoms with Gasteiger partial charge in [0, 0.05) is 19.3 Å². The van der Waals surface area contributed by atoms with Gasteiger partial charge in [0.1, 0.15) is 12.1 Å². The number of anilines is 1. The third kappa shape index (κ3) is 2.98. The first kappa shape index (κ1) is 12.0. The van der Waals surface area contributed by atoms with Gasteiger partial charge in [-0.05, 0) is 25.1 Å². The minimum Gasteiger partial charge on any atom is -0.382 e. The van der Waals surface area contributed by atoms with Crippen molar-refractivity contribution in [2.24, 2.45) is 0 Å². The highest BCUT2D eigenvalue weighted by atomic mass is 16.5. The van der Waals surface area contributed by atoms with Crippen molar-refractivity contribution in [3.05, 3.63) is 29.3 Å². The third-order valence-corrected chi connectivity index (χ3v) is 2.26. The molecule has 0 aromatic heterocycles. The zero-order chi connectivity index (χ0) is 12.0. The predicted molar refractivity (Wildman–Crippen MR) is 60.8 cm³/mol. The number of nitrogens with zero attached hydrogens (tertiary/aromatic N) is 2. The smallest absolute Gasteiger partial charge is 0.101 e. The fourth-order valence-corrected chi connectivity index (χ4v) is 1.19. The maximum absolute atomic E-state index is 8.84. The lowest BCUT2D eigenvalue weighted by molar-refractivity contribution is 0.129. The predicted octanol–water partition coefficient (Wildman–Crippen LogP) is 1.88. The van der Waals surface area contributed by atoms with Crippen LogP contribution in [0.3, 0.4) is 0 Å². The van der Waals surface area contributed by atoms with E-state index < -0.39 is 0 Å². The summed E-state index contributed by atoms with van der Waals surface area (Å²) in [6, 6.07) is 9.05. The van der Waals surface area contributed by atoms with E-state index in [1.54, 1.807) is 25.3 Å². The molecule has 0 bridgehead atoms. The number of hydrogen-bond donors (Lipinski definition) is 1. The molecule has 1 rings (SSSR count). The quantitative estimate of drug-likeness (QED) is 0.832. The van der Waals surface area contributed by atoms with Gasteiger partial charge in [-0.25, -0.2) is 0 Å². The van der Waals surface area contributed by atoms with Gasteiger partial charge < -0.3 is 10.1 Å².